The van der Waals surface area contributed by atoms with E-state index in [1.165, 1.54) is 11.1 Å². The largest absolute Gasteiger partial charge is 0.377 e. The predicted molar refractivity (Wildman–Crippen MR) is 126 cm³/mol. The number of likely N-dealkylation sites (N-methyl/N-ethyl adjacent to an activating group) is 1. The fourth-order valence-corrected chi connectivity index (χ4v) is 4.33. The highest BCUT2D eigenvalue weighted by molar-refractivity contribution is 5.78. The van der Waals surface area contributed by atoms with Gasteiger partial charge in [-0.1, -0.05) is 6.07 Å². The lowest BCUT2D eigenvalue weighted by Gasteiger charge is -2.26. The molecule has 0 radical (unpaired) electrons. The smallest absolute Gasteiger partial charge is 0.227 e. The van der Waals surface area contributed by atoms with E-state index in [2.05, 4.69) is 51.6 Å². The van der Waals surface area contributed by atoms with Gasteiger partial charge in [-0.25, -0.2) is 9.97 Å². The predicted octanol–water partition coefficient (Wildman–Crippen LogP) is 3.70. The van der Waals surface area contributed by atoms with Gasteiger partial charge < -0.3 is 15.0 Å². The van der Waals surface area contributed by atoms with Gasteiger partial charge in [-0.3, -0.25) is 9.67 Å². The van der Waals surface area contributed by atoms with Crippen LogP contribution in [0.25, 0.3) is 22.5 Å². The lowest BCUT2D eigenvalue weighted by Crippen LogP contribution is -2.30. The molecule has 2 aliphatic rings. The standard InChI is InChI=1S/C25H25N7O/c1-31-10-7-17-11-20(5-4-19(17)13-31)28-25-27-9-6-23(29-25)22-14-32(21-15-33-16-21)30-24(22)18-3-2-8-26-12-18/h2-6,8-9,11-12,14,21H,7,10,13,15-16H2,1H3,(H,27,28,29). The molecule has 0 atom stereocenters. The minimum absolute atomic E-state index is 0.253. The van der Waals surface area contributed by atoms with E-state index in [1.54, 1.807) is 12.4 Å². The lowest BCUT2D eigenvalue weighted by atomic mass is 9.99. The van der Waals surface area contributed by atoms with E-state index in [1.807, 2.05) is 29.1 Å². The third-order valence-electron chi connectivity index (χ3n) is 6.26. The number of hydrogen-bond donors (Lipinski definition) is 1. The molecule has 8 heteroatoms. The molecule has 0 spiro atoms. The van der Waals surface area contributed by atoms with Gasteiger partial charge in [-0.15, -0.1) is 0 Å². The number of anilines is 2. The fraction of sp³-hybridized carbons (Fsp3) is 0.280. The maximum atomic E-state index is 5.37. The van der Waals surface area contributed by atoms with Crippen molar-refractivity contribution < 1.29 is 4.74 Å². The molecule has 4 aromatic rings. The summed E-state index contributed by atoms with van der Waals surface area (Å²) >= 11 is 0. The van der Waals surface area contributed by atoms with Gasteiger partial charge in [0.1, 0.15) is 5.69 Å². The second kappa shape index (κ2) is 8.38. The zero-order valence-corrected chi connectivity index (χ0v) is 18.5. The number of pyridine rings is 1. The molecule has 0 unspecified atom stereocenters. The molecule has 0 saturated carbocycles. The van der Waals surface area contributed by atoms with Crippen molar-refractivity contribution in [3.63, 3.8) is 0 Å². The van der Waals surface area contributed by atoms with Gasteiger partial charge in [0.05, 0.1) is 24.9 Å². The number of fused-ring (bicyclic) bond motifs is 1. The van der Waals surface area contributed by atoms with Gasteiger partial charge in [0.15, 0.2) is 0 Å². The van der Waals surface area contributed by atoms with E-state index in [0.29, 0.717) is 19.2 Å². The summed E-state index contributed by atoms with van der Waals surface area (Å²) in [5.41, 5.74) is 7.36. The Morgan fingerprint density at radius 2 is 2.03 bits per heavy atom. The minimum atomic E-state index is 0.253. The van der Waals surface area contributed by atoms with E-state index < -0.39 is 0 Å². The summed E-state index contributed by atoms with van der Waals surface area (Å²) in [7, 11) is 2.16. The first kappa shape index (κ1) is 20.0. The molecule has 2 aliphatic heterocycles. The second-order valence-electron chi connectivity index (χ2n) is 8.67. The van der Waals surface area contributed by atoms with Crippen LogP contribution < -0.4 is 5.32 Å². The van der Waals surface area contributed by atoms with E-state index in [4.69, 9.17) is 14.8 Å². The van der Waals surface area contributed by atoms with Gasteiger partial charge in [-0.05, 0) is 54.9 Å². The van der Waals surface area contributed by atoms with Gasteiger partial charge in [-0.2, -0.15) is 5.10 Å². The first-order valence-corrected chi connectivity index (χ1v) is 11.2. The summed E-state index contributed by atoms with van der Waals surface area (Å²) < 4.78 is 7.35. The van der Waals surface area contributed by atoms with Crippen molar-refractivity contribution in [1.82, 2.24) is 29.6 Å². The zero-order valence-electron chi connectivity index (χ0n) is 18.5. The molecule has 5 heterocycles. The molecule has 6 rings (SSSR count). The molecular formula is C25H25N7O. The van der Waals surface area contributed by atoms with Crippen molar-refractivity contribution in [3.8, 4) is 22.5 Å². The molecule has 0 amide bonds. The van der Waals surface area contributed by atoms with Crippen molar-refractivity contribution in [2.45, 2.75) is 19.0 Å². The summed E-state index contributed by atoms with van der Waals surface area (Å²) in [5, 5.41) is 8.25. The number of nitrogens with one attached hydrogen (secondary N) is 1. The van der Waals surface area contributed by atoms with Crippen LogP contribution in [0.3, 0.4) is 0 Å². The van der Waals surface area contributed by atoms with Crippen LogP contribution in [-0.2, 0) is 17.7 Å². The van der Waals surface area contributed by atoms with E-state index in [0.717, 1.165) is 47.7 Å². The van der Waals surface area contributed by atoms with Gasteiger partial charge in [0.25, 0.3) is 0 Å². The van der Waals surface area contributed by atoms with E-state index in [9.17, 15) is 0 Å². The molecule has 0 aliphatic carbocycles. The number of nitrogens with zero attached hydrogens (tertiary/aromatic N) is 6. The van der Waals surface area contributed by atoms with Crippen LogP contribution in [-0.4, -0.2) is 56.4 Å². The topological polar surface area (TPSA) is 81.0 Å². The van der Waals surface area contributed by atoms with Crippen molar-refractivity contribution in [3.05, 3.63) is 72.3 Å². The summed E-state index contributed by atoms with van der Waals surface area (Å²) in [5.74, 6) is 0.567. The van der Waals surface area contributed by atoms with Crippen molar-refractivity contribution >= 4 is 11.6 Å². The van der Waals surface area contributed by atoms with Gasteiger partial charge in [0, 0.05) is 54.7 Å². The Balaban J connectivity index is 1.33. The fourth-order valence-electron chi connectivity index (χ4n) is 4.33. The summed E-state index contributed by atoms with van der Waals surface area (Å²) in [6.07, 6.45) is 8.49. The van der Waals surface area contributed by atoms with E-state index in [-0.39, 0.29) is 6.04 Å². The van der Waals surface area contributed by atoms with Crippen LogP contribution in [0.4, 0.5) is 11.6 Å². The van der Waals surface area contributed by atoms with Gasteiger partial charge in [0.2, 0.25) is 5.95 Å². The monoisotopic (exact) mass is 439 g/mol. The maximum absolute atomic E-state index is 5.37. The normalized spacial score (nSPS) is 16.3. The molecule has 3 aromatic heterocycles. The summed E-state index contributed by atoms with van der Waals surface area (Å²) in [6, 6.07) is 12.6. The minimum Gasteiger partial charge on any atom is -0.377 e. The number of rotatable bonds is 5. The highest BCUT2D eigenvalue weighted by atomic mass is 16.5. The molecule has 166 valence electrons. The number of hydrogen-bond acceptors (Lipinski definition) is 7. The molecule has 8 nitrogen and oxygen atoms in total. The average molecular weight is 440 g/mol. The molecule has 0 bridgehead atoms. The average Bonchev–Trinajstić information content (AvgIpc) is 3.23. The van der Waals surface area contributed by atoms with Crippen LogP contribution in [0.2, 0.25) is 0 Å². The highest BCUT2D eigenvalue weighted by Gasteiger charge is 2.24. The lowest BCUT2D eigenvalue weighted by molar-refractivity contribution is -0.0285. The Morgan fingerprint density at radius 3 is 2.85 bits per heavy atom. The number of ether oxygens (including phenoxy) is 1. The van der Waals surface area contributed by atoms with Crippen molar-refractivity contribution in [2.75, 3.05) is 32.1 Å². The Hall–Kier alpha value is -3.62. The third kappa shape index (κ3) is 3.99. The van der Waals surface area contributed by atoms with Crippen molar-refractivity contribution in [1.29, 1.82) is 0 Å². The number of benzene rings is 1. The Labute approximate surface area is 192 Å². The SMILES string of the molecule is CN1CCc2cc(Nc3nccc(-c4cn(C5COC5)nc4-c4cccnc4)n3)ccc2C1. The highest BCUT2D eigenvalue weighted by Crippen LogP contribution is 2.32. The molecule has 33 heavy (non-hydrogen) atoms. The summed E-state index contributed by atoms with van der Waals surface area (Å²) in [6.45, 7) is 3.43. The van der Waals surface area contributed by atoms with Crippen LogP contribution in [0, 0.1) is 0 Å². The first-order chi connectivity index (χ1) is 16.2. The zero-order chi connectivity index (χ0) is 22.2. The molecular weight excluding hydrogens is 414 g/mol. The Kier molecular flexibility index (Phi) is 5.09. The third-order valence-corrected chi connectivity index (χ3v) is 6.26. The second-order valence-corrected chi connectivity index (χ2v) is 8.67. The van der Waals surface area contributed by atoms with Gasteiger partial charge >= 0.3 is 0 Å². The Bertz CT molecular complexity index is 1280. The summed E-state index contributed by atoms with van der Waals surface area (Å²) in [4.78, 5) is 15.9. The Morgan fingerprint density at radius 1 is 1.09 bits per heavy atom. The molecule has 1 N–H and O–H groups in total. The molecule has 1 saturated heterocycles. The van der Waals surface area contributed by atoms with Crippen LogP contribution in [0.15, 0.2) is 61.2 Å². The van der Waals surface area contributed by atoms with Crippen LogP contribution >= 0.6 is 0 Å². The maximum Gasteiger partial charge on any atom is 0.227 e. The first-order valence-electron chi connectivity index (χ1n) is 11.2. The van der Waals surface area contributed by atoms with Crippen molar-refractivity contribution in [2.24, 2.45) is 0 Å². The van der Waals surface area contributed by atoms with Crippen LogP contribution in [0.5, 0.6) is 0 Å². The van der Waals surface area contributed by atoms with Crippen LogP contribution in [0.1, 0.15) is 17.2 Å². The molecule has 1 aromatic carbocycles. The number of aromatic nitrogens is 5. The van der Waals surface area contributed by atoms with E-state index >= 15 is 0 Å². The molecule has 1 fully saturated rings. The quantitative estimate of drug-likeness (QED) is 0.508.